The van der Waals surface area contributed by atoms with E-state index in [-0.39, 0.29) is 23.7 Å². The summed E-state index contributed by atoms with van der Waals surface area (Å²) in [6.07, 6.45) is 2.28. The number of carboxylic acid groups (broad SMARTS) is 1. The number of aromatic nitrogens is 3. The molecule has 9 nitrogen and oxygen atoms in total. The van der Waals surface area contributed by atoms with Crippen LogP contribution in [-0.4, -0.2) is 57.9 Å². The Morgan fingerprint density at radius 2 is 2.25 bits per heavy atom. The highest BCUT2D eigenvalue weighted by atomic mass is 32.2. The third-order valence-corrected chi connectivity index (χ3v) is 4.71. The summed E-state index contributed by atoms with van der Waals surface area (Å²) < 4.78 is 24.0. The topological polar surface area (TPSA) is 131 Å². The molecule has 2 heterocycles. The summed E-state index contributed by atoms with van der Waals surface area (Å²) in [6.45, 7) is -0.198. The minimum atomic E-state index is -3.08. The third kappa shape index (κ3) is 3.76. The van der Waals surface area contributed by atoms with Gasteiger partial charge in [-0.1, -0.05) is 5.21 Å². The van der Waals surface area contributed by atoms with E-state index >= 15 is 0 Å². The van der Waals surface area contributed by atoms with Gasteiger partial charge in [0.1, 0.15) is 6.54 Å². The van der Waals surface area contributed by atoms with E-state index in [1.165, 1.54) is 0 Å². The fourth-order valence-corrected chi connectivity index (χ4v) is 3.67. The first kappa shape index (κ1) is 14.4. The molecular formula is C10H14N4O5S. The summed E-state index contributed by atoms with van der Waals surface area (Å²) in [5.41, 5.74) is -0.252. The minimum Gasteiger partial charge on any atom is -0.476 e. The number of aromatic carboxylic acids is 1. The number of carboxylic acids is 1. The van der Waals surface area contributed by atoms with Gasteiger partial charge >= 0.3 is 5.97 Å². The van der Waals surface area contributed by atoms with E-state index in [1.807, 2.05) is 0 Å². The Bertz CT molecular complexity index is 623. The zero-order chi connectivity index (χ0) is 14.8. The van der Waals surface area contributed by atoms with Crippen molar-refractivity contribution in [1.29, 1.82) is 0 Å². The van der Waals surface area contributed by atoms with Crippen LogP contribution in [-0.2, 0) is 21.2 Å². The second-order valence-corrected chi connectivity index (χ2v) is 6.86. The molecule has 0 spiro atoms. The summed E-state index contributed by atoms with van der Waals surface area (Å²) >= 11 is 0. The lowest BCUT2D eigenvalue weighted by Gasteiger charge is -2.22. The average molecular weight is 302 g/mol. The molecular weight excluding hydrogens is 288 g/mol. The maximum atomic E-state index is 11.7. The highest BCUT2D eigenvalue weighted by Crippen LogP contribution is 2.11. The van der Waals surface area contributed by atoms with Gasteiger partial charge in [0.25, 0.3) is 0 Å². The van der Waals surface area contributed by atoms with Gasteiger partial charge in [0.15, 0.2) is 15.5 Å². The molecule has 1 aromatic rings. The van der Waals surface area contributed by atoms with Crippen LogP contribution in [0.15, 0.2) is 6.20 Å². The fourth-order valence-electron chi connectivity index (χ4n) is 2.03. The van der Waals surface area contributed by atoms with Crippen LogP contribution in [0, 0.1) is 0 Å². The highest BCUT2D eigenvalue weighted by Gasteiger charge is 2.25. The molecule has 2 N–H and O–H groups in total. The summed E-state index contributed by atoms with van der Waals surface area (Å²) in [4.78, 5) is 22.3. The lowest BCUT2D eigenvalue weighted by Crippen LogP contribution is -2.44. The average Bonchev–Trinajstić information content (AvgIpc) is 2.75. The van der Waals surface area contributed by atoms with E-state index in [0.717, 1.165) is 10.9 Å². The Morgan fingerprint density at radius 1 is 1.50 bits per heavy atom. The molecule has 0 aromatic carbocycles. The highest BCUT2D eigenvalue weighted by molar-refractivity contribution is 7.91. The predicted octanol–water partition coefficient (Wildman–Crippen LogP) is -1.33. The van der Waals surface area contributed by atoms with Crippen molar-refractivity contribution in [3.05, 3.63) is 11.9 Å². The number of nitrogens with zero attached hydrogens (tertiary/aromatic N) is 3. The quantitative estimate of drug-likeness (QED) is 0.704. The van der Waals surface area contributed by atoms with Crippen molar-refractivity contribution in [2.45, 2.75) is 25.4 Å². The van der Waals surface area contributed by atoms with Gasteiger partial charge in [-0.3, -0.25) is 4.79 Å². The van der Waals surface area contributed by atoms with Gasteiger partial charge in [0.05, 0.1) is 17.7 Å². The molecule has 0 saturated carbocycles. The number of rotatable bonds is 4. The van der Waals surface area contributed by atoms with Crippen LogP contribution in [0.3, 0.4) is 0 Å². The number of carbonyl (C=O) groups excluding carboxylic acids is 1. The van der Waals surface area contributed by atoms with E-state index in [4.69, 9.17) is 5.11 Å². The van der Waals surface area contributed by atoms with Crippen molar-refractivity contribution in [3.63, 3.8) is 0 Å². The van der Waals surface area contributed by atoms with Gasteiger partial charge in [-0.05, 0) is 12.8 Å². The van der Waals surface area contributed by atoms with Crippen LogP contribution < -0.4 is 5.32 Å². The number of amides is 1. The molecule has 1 aromatic heterocycles. The smallest absolute Gasteiger partial charge is 0.358 e. The molecule has 1 aliphatic rings. The molecule has 0 bridgehead atoms. The first-order valence-electron chi connectivity index (χ1n) is 5.99. The van der Waals surface area contributed by atoms with E-state index in [2.05, 4.69) is 15.6 Å². The first-order valence-corrected chi connectivity index (χ1v) is 7.81. The molecule has 1 fully saturated rings. The second kappa shape index (κ2) is 5.57. The van der Waals surface area contributed by atoms with Crippen molar-refractivity contribution >= 4 is 21.7 Å². The van der Waals surface area contributed by atoms with Gasteiger partial charge in [-0.15, -0.1) is 5.10 Å². The van der Waals surface area contributed by atoms with Crippen molar-refractivity contribution in [2.75, 3.05) is 11.5 Å². The first-order chi connectivity index (χ1) is 9.35. The lowest BCUT2D eigenvalue weighted by molar-refractivity contribution is -0.122. The molecule has 1 amide bonds. The van der Waals surface area contributed by atoms with Crippen molar-refractivity contribution in [1.82, 2.24) is 20.3 Å². The molecule has 0 radical (unpaired) electrons. The SMILES string of the molecule is O=C(Cn1cc(C(=O)O)nn1)NC1CCCS(=O)(=O)C1. The molecule has 2 rings (SSSR count). The van der Waals surface area contributed by atoms with Gasteiger partial charge < -0.3 is 10.4 Å². The molecule has 20 heavy (non-hydrogen) atoms. The number of carbonyl (C=O) groups is 2. The standard InChI is InChI=1S/C10H14N4O5S/c15-9(5-14-4-8(10(16)17)12-13-14)11-7-2-1-3-20(18,19)6-7/h4,7H,1-3,5-6H2,(H,11,15)(H,16,17). The zero-order valence-electron chi connectivity index (χ0n) is 10.5. The molecule has 1 aliphatic heterocycles. The summed E-state index contributed by atoms with van der Waals surface area (Å²) in [5, 5.41) is 18.2. The Hall–Kier alpha value is -1.97. The largest absolute Gasteiger partial charge is 0.476 e. The zero-order valence-corrected chi connectivity index (χ0v) is 11.3. The maximum Gasteiger partial charge on any atom is 0.358 e. The molecule has 1 atom stereocenters. The number of sulfone groups is 1. The third-order valence-electron chi connectivity index (χ3n) is 2.89. The van der Waals surface area contributed by atoms with Crippen LogP contribution in [0.2, 0.25) is 0 Å². The minimum absolute atomic E-state index is 0.0591. The van der Waals surface area contributed by atoms with Gasteiger partial charge in [0.2, 0.25) is 5.91 Å². The Labute approximate surface area is 114 Å². The van der Waals surface area contributed by atoms with Crippen molar-refractivity contribution in [3.8, 4) is 0 Å². The van der Waals surface area contributed by atoms with Crippen LogP contribution in [0.5, 0.6) is 0 Å². The Morgan fingerprint density at radius 3 is 2.85 bits per heavy atom. The number of hydrogen-bond donors (Lipinski definition) is 2. The van der Waals surface area contributed by atoms with Crippen molar-refractivity contribution in [2.24, 2.45) is 0 Å². The molecule has 110 valence electrons. The molecule has 0 aliphatic carbocycles. The van der Waals surface area contributed by atoms with Crippen LogP contribution in [0.1, 0.15) is 23.3 Å². The van der Waals surface area contributed by atoms with E-state index in [9.17, 15) is 18.0 Å². The van der Waals surface area contributed by atoms with E-state index < -0.39 is 27.8 Å². The van der Waals surface area contributed by atoms with Crippen LogP contribution in [0.25, 0.3) is 0 Å². The monoisotopic (exact) mass is 302 g/mol. The molecule has 1 saturated heterocycles. The molecule has 10 heteroatoms. The predicted molar refractivity (Wildman–Crippen MR) is 66.8 cm³/mol. The van der Waals surface area contributed by atoms with Crippen molar-refractivity contribution < 1.29 is 23.1 Å². The number of hydrogen-bond acceptors (Lipinski definition) is 6. The number of nitrogens with one attached hydrogen (secondary N) is 1. The molecule has 1 unspecified atom stereocenters. The maximum absolute atomic E-state index is 11.7. The summed E-state index contributed by atoms with van der Waals surface area (Å²) in [6, 6.07) is -0.399. The van der Waals surface area contributed by atoms with Gasteiger partial charge in [-0.25, -0.2) is 17.9 Å². The van der Waals surface area contributed by atoms with Crippen LogP contribution in [0.4, 0.5) is 0 Å². The Kier molecular flexibility index (Phi) is 4.02. The second-order valence-electron chi connectivity index (χ2n) is 4.63. The Balaban J connectivity index is 1.90. The summed E-state index contributed by atoms with van der Waals surface area (Å²) in [5.74, 6) is -1.55. The normalized spacial score (nSPS) is 21.3. The fraction of sp³-hybridized carbons (Fsp3) is 0.600. The lowest BCUT2D eigenvalue weighted by atomic mass is 10.2. The van der Waals surface area contributed by atoms with E-state index in [1.54, 1.807) is 0 Å². The van der Waals surface area contributed by atoms with Gasteiger partial charge in [-0.2, -0.15) is 0 Å². The van der Waals surface area contributed by atoms with E-state index in [0.29, 0.717) is 12.8 Å². The van der Waals surface area contributed by atoms with Crippen LogP contribution >= 0.6 is 0 Å². The van der Waals surface area contributed by atoms with Gasteiger partial charge in [0, 0.05) is 6.04 Å². The summed E-state index contributed by atoms with van der Waals surface area (Å²) in [7, 11) is -3.08.